The molecule has 0 amide bonds. The predicted octanol–water partition coefficient (Wildman–Crippen LogP) is 3.79. The lowest BCUT2D eigenvalue weighted by Crippen LogP contribution is -2.02. The molecule has 0 saturated heterocycles. The van der Waals surface area contributed by atoms with E-state index in [0.29, 0.717) is 5.75 Å². The summed E-state index contributed by atoms with van der Waals surface area (Å²) in [4.78, 5) is 14.9. The smallest absolute Gasteiger partial charge is 0.336 e. The number of benzene rings is 2. The fourth-order valence-electron chi connectivity index (χ4n) is 2.00. The van der Waals surface area contributed by atoms with Crippen molar-refractivity contribution in [2.75, 3.05) is 0 Å². The van der Waals surface area contributed by atoms with Gasteiger partial charge in [0, 0.05) is 23.2 Å². The molecule has 0 fully saturated rings. The number of esters is 1. The molecule has 1 heterocycles. The van der Waals surface area contributed by atoms with Gasteiger partial charge in [0.25, 0.3) is 0 Å². The third-order valence-electron chi connectivity index (χ3n) is 2.97. The molecule has 1 aromatic heterocycles. The molecule has 0 saturated carbocycles. The molecule has 3 heteroatoms. The Morgan fingerprint density at radius 2 is 1.75 bits per heavy atom. The molecular weight excluding hydrogens is 250 g/mol. The van der Waals surface area contributed by atoms with Crippen LogP contribution in [0.5, 0.6) is 5.75 Å². The number of nitrogens with one attached hydrogen (secondary N) is 1. The third kappa shape index (κ3) is 2.62. The van der Waals surface area contributed by atoms with Crippen molar-refractivity contribution in [3.05, 3.63) is 72.4 Å². The van der Waals surface area contributed by atoms with E-state index in [1.165, 1.54) is 6.08 Å². The zero-order valence-corrected chi connectivity index (χ0v) is 10.7. The molecule has 3 nitrogen and oxygen atoms in total. The highest BCUT2D eigenvalue weighted by atomic mass is 16.5. The molecule has 20 heavy (non-hydrogen) atoms. The minimum absolute atomic E-state index is 0.390. The number of para-hydroxylation sites is 1. The first-order chi connectivity index (χ1) is 9.83. The van der Waals surface area contributed by atoms with Gasteiger partial charge in [0.05, 0.1) is 0 Å². The fourth-order valence-corrected chi connectivity index (χ4v) is 2.00. The van der Waals surface area contributed by atoms with Crippen molar-refractivity contribution in [1.82, 2.24) is 4.98 Å². The highest BCUT2D eigenvalue weighted by Crippen LogP contribution is 2.24. The summed E-state index contributed by atoms with van der Waals surface area (Å²) in [6.07, 6.45) is 4.85. The number of carbonyl (C=O) groups is 1. The van der Waals surface area contributed by atoms with Crippen LogP contribution >= 0.6 is 0 Å². The van der Waals surface area contributed by atoms with Gasteiger partial charge in [-0.05, 0) is 23.8 Å². The maximum Gasteiger partial charge on any atom is 0.336 e. The maximum absolute atomic E-state index is 11.8. The summed E-state index contributed by atoms with van der Waals surface area (Å²) in [7, 11) is 0. The molecule has 0 aliphatic rings. The number of H-pyrrole nitrogens is 1. The van der Waals surface area contributed by atoms with Gasteiger partial charge in [0.2, 0.25) is 0 Å². The van der Waals surface area contributed by atoms with Crippen LogP contribution in [-0.2, 0) is 4.79 Å². The van der Waals surface area contributed by atoms with Crippen LogP contribution in [0.2, 0.25) is 0 Å². The average molecular weight is 263 g/mol. The molecule has 0 atom stereocenters. The lowest BCUT2D eigenvalue weighted by molar-refractivity contribution is -0.128. The first-order valence-corrected chi connectivity index (χ1v) is 6.34. The molecule has 98 valence electrons. The summed E-state index contributed by atoms with van der Waals surface area (Å²) in [6, 6.07) is 17.3. The van der Waals surface area contributed by atoms with Gasteiger partial charge in [-0.15, -0.1) is 0 Å². The predicted molar refractivity (Wildman–Crippen MR) is 79.4 cm³/mol. The van der Waals surface area contributed by atoms with Crippen molar-refractivity contribution in [2.45, 2.75) is 0 Å². The Morgan fingerprint density at radius 1 is 1.00 bits per heavy atom. The molecule has 0 unspecified atom stereocenters. The molecule has 3 rings (SSSR count). The van der Waals surface area contributed by atoms with Gasteiger partial charge in [0.15, 0.2) is 5.75 Å². The van der Waals surface area contributed by atoms with E-state index in [0.717, 1.165) is 16.5 Å². The number of hydrogen-bond donors (Lipinski definition) is 1. The topological polar surface area (TPSA) is 42.1 Å². The molecule has 0 bridgehead atoms. The Labute approximate surface area is 116 Å². The number of aromatic amines is 1. The molecule has 0 aliphatic carbocycles. The Balaban J connectivity index is 1.75. The van der Waals surface area contributed by atoms with Crippen molar-refractivity contribution in [3.63, 3.8) is 0 Å². The van der Waals surface area contributed by atoms with Crippen molar-refractivity contribution in [1.29, 1.82) is 0 Å². The van der Waals surface area contributed by atoms with E-state index < -0.39 is 5.97 Å². The zero-order valence-electron chi connectivity index (χ0n) is 10.7. The maximum atomic E-state index is 11.8. The summed E-state index contributed by atoms with van der Waals surface area (Å²) in [5, 5.41) is 0.897. The zero-order chi connectivity index (χ0) is 13.8. The number of hydrogen-bond acceptors (Lipinski definition) is 2. The normalized spacial score (nSPS) is 11.0. The van der Waals surface area contributed by atoms with E-state index in [2.05, 4.69) is 4.98 Å². The number of fused-ring (bicyclic) bond motifs is 1. The summed E-state index contributed by atoms with van der Waals surface area (Å²) in [5.41, 5.74) is 1.91. The molecule has 0 radical (unpaired) electrons. The Hall–Kier alpha value is -2.81. The van der Waals surface area contributed by atoms with Crippen molar-refractivity contribution in [2.24, 2.45) is 0 Å². The molecule has 0 aliphatic heterocycles. The summed E-state index contributed by atoms with van der Waals surface area (Å²) >= 11 is 0. The first-order valence-electron chi connectivity index (χ1n) is 6.34. The van der Waals surface area contributed by atoms with Gasteiger partial charge < -0.3 is 9.72 Å². The van der Waals surface area contributed by atoms with Gasteiger partial charge in [-0.1, -0.05) is 42.5 Å². The highest BCUT2D eigenvalue weighted by molar-refractivity contribution is 5.93. The highest BCUT2D eigenvalue weighted by Gasteiger charge is 2.06. The molecule has 1 N–H and O–H groups in total. The molecular formula is C17H13NO2. The first kappa shape index (κ1) is 12.2. The van der Waals surface area contributed by atoms with Crippen LogP contribution in [0, 0.1) is 0 Å². The monoisotopic (exact) mass is 263 g/mol. The van der Waals surface area contributed by atoms with Gasteiger partial charge in [-0.3, -0.25) is 0 Å². The minimum atomic E-state index is -0.390. The van der Waals surface area contributed by atoms with Gasteiger partial charge in [-0.2, -0.15) is 0 Å². The van der Waals surface area contributed by atoms with Crippen LogP contribution < -0.4 is 4.74 Å². The van der Waals surface area contributed by atoms with E-state index in [-0.39, 0.29) is 0 Å². The van der Waals surface area contributed by atoms with E-state index >= 15 is 0 Å². The Morgan fingerprint density at radius 3 is 2.60 bits per heavy atom. The second-order valence-electron chi connectivity index (χ2n) is 4.36. The second kappa shape index (κ2) is 5.45. The largest absolute Gasteiger partial charge is 0.421 e. The second-order valence-corrected chi connectivity index (χ2v) is 4.36. The lowest BCUT2D eigenvalue weighted by Gasteiger charge is -1.98. The van der Waals surface area contributed by atoms with Crippen molar-refractivity contribution in [3.8, 4) is 5.75 Å². The Kier molecular flexibility index (Phi) is 3.33. The van der Waals surface area contributed by atoms with Crippen LogP contribution in [0.25, 0.3) is 17.0 Å². The van der Waals surface area contributed by atoms with Crippen LogP contribution in [0.4, 0.5) is 0 Å². The Bertz CT molecular complexity index is 757. The summed E-state index contributed by atoms with van der Waals surface area (Å²) in [6.45, 7) is 0. The average Bonchev–Trinajstić information content (AvgIpc) is 2.90. The fraction of sp³-hybridized carbons (Fsp3) is 0. The molecule has 3 aromatic rings. The third-order valence-corrected chi connectivity index (χ3v) is 2.97. The van der Waals surface area contributed by atoms with Crippen LogP contribution in [0.1, 0.15) is 5.56 Å². The van der Waals surface area contributed by atoms with Gasteiger partial charge in [0.1, 0.15) is 0 Å². The molecule has 0 spiro atoms. The standard InChI is InChI=1S/C17H13NO2/c19-17(11-10-13-6-2-1-3-7-13)20-16-12-18-15-9-5-4-8-14(15)16/h1-12,18H/b11-10+. The minimum Gasteiger partial charge on any atom is -0.421 e. The SMILES string of the molecule is O=C(/C=C/c1ccccc1)Oc1c[nH]c2ccccc12. The van der Waals surface area contributed by atoms with Crippen molar-refractivity contribution < 1.29 is 9.53 Å². The van der Waals surface area contributed by atoms with Crippen LogP contribution in [0.3, 0.4) is 0 Å². The van der Waals surface area contributed by atoms with E-state index in [9.17, 15) is 4.79 Å². The summed E-state index contributed by atoms with van der Waals surface area (Å²) in [5.74, 6) is 0.155. The summed E-state index contributed by atoms with van der Waals surface area (Å²) < 4.78 is 5.33. The van der Waals surface area contributed by atoms with E-state index in [1.54, 1.807) is 12.3 Å². The number of ether oxygens (including phenoxy) is 1. The van der Waals surface area contributed by atoms with Gasteiger partial charge >= 0.3 is 5.97 Å². The van der Waals surface area contributed by atoms with Crippen molar-refractivity contribution >= 4 is 22.9 Å². The quantitative estimate of drug-likeness (QED) is 0.577. The number of carbonyl (C=O) groups excluding carboxylic acids is 1. The van der Waals surface area contributed by atoms with Crippen LogP contribution in [0.15, 0.2) is 66.9 Å². The van der Waals surface area contributed by atoms with Crippen LogP contribution in [-0.4, -0.2) is 11.0 Å². The molecule has 2 aromatic carbocycles. The number of rotatable bonds is 3. The van der Waals surface area contributed by atoms with E-state index in [1.807, 2.05) is 54.6 Å². The van der Waals surface area contributed by atoms with E-state index in [4.69, 9.17) is 4.74 Å². The number of aromatic nitrogens is 1. The van der Waals surface area contributed by atoms with Gasteiger partial charge in [-0.25, -0.2) is 4.79 Å². The lowest BCUT2D eigenvalue weighted by atomic mass is 10.2.